The smallest absolute Gasteiger partial charge is 0.408 e. The number of alkyl carbamates (subject to hydrolysis) is 1. The van der Waals surface area contributed by atoms with Crippen LogP contribution in [-0.4, -0.2) is 24.3 Å². The third-order valence-corrected chi connectivity index (χ3v) is 4.01. The number of benzene rings is 1. The molecule has 2 atom stereocenters. The number of hydrogen-bond acceptors (Lipinski definition) is 3. The molecule has 0 aliphatic heterocycles. The molecule has 1 aromatic carbocycles. The lowest BCUT2D eigenvalue weighted by Crippen LogP contribution is -2.45. The van der Waals surface area contributed by atoms with Gasteiger partial charge in [0.25, 0.3) is 0 Å². The van der Waals surface area contributed by atoms with Gasteiger partial charge in [-0.25, -0.2) is 13.6 Å². The van der Waals surface area contributed by atoms with E-state index in [2.05, 4.69) is 5.32 Å². The SMILES string of the molecule is CCC[C@@](C)(C[C@H](NC(=O)OCc1ccccc1)C(C)=O)C(F)F. The Balaban J connectivity index is 2.64. The van der Waals surface area contributed by atoms with Crippen LogP contribution in [0.3, 0.4) is 0 Å². The zero-order chi connectivity index (χ0) is 18.2. The van der Waals surface area contributed by atoms with E-state index in [1.165, 1.54) is 13.8 Å². The zero-order valence-corrected chi connectivity index (χ0v) is 14.4. The van der Waals surface area contributed by atoms with Crippen LogP contribution in [0.1, 0.15) is 45.6 Å². The van der Waals surface area contributed by atoms with Crippen LogP contribution in [0.4, 0.5) is 13.6 Å². The highest BCUT2D eigenvalue weighted by Gasteiger charge is 2.38. The van der Waals surface area contributed by atoms with Crippen molar-refractivity contribution < 1.29 is 23.1 Å². The summed E-state index contributed by atoms with van der Waals surface area (Å²) in [6, 6.07) is 8.07. The summed E-state index contributed by atoms with van der Waals surface area (Å²) in [7, 11) is 0. The van der Waals surface area contributed by atoms with E-state index in [0.29, 0.717) is 6.42 Å². The molecule has 0 bridgehead atoms. The average Bonchev–Trinajstić information content (AvgIpc) is 2.53. The fourth-order valence-electron chi connectivity index (χ4n) is 2.54. The molecule has 0 aliphatic rings. The maximum Gasteiger partial charge on any atom is 0.408 e. The Morgan fingerprint density at radius 1 is 1.25 bits per heavy atom. The van der Waals surface area contributed by atoms with Crippen LogP contribution < -0.4 is 5.32 Å². The first-order chi connectivity index (χ1) is 11.3. The van der Waals surface area contributed by atoms with Gasteiger partial charge in [0, 0.05) is 5.41 Å². The van der Waals surface area contributed by atoms with E-state index in [0.717, 1.165) is 5.56 Å². The number of Topliss-reactive ketones (excluding diaryl/α,β-unsaturated/α-hetero) is 1. The highest BCUT2D eigenvalue weighted by atomic mass is 19.3. The molecular weight excluding hydrogens is 316 g/mol. The predicted molar refractivity (Wildman–Crippen MR) is 87.9 cm³/mol. The molecule has 4 nitrogen and oxygen atoms in total. The summed E-state index contributed by atoms with van der Waals surface area (Å²) in [5.74, 6) is -0.366. The minimum absolute atomic E-state index is 0.0539. The van der Waals surface area contributed by atoms with E-state index >= 15 is 0 Å². The van der Waals surface area contributed by atoms with Gasteiger partial charge in [0.1, 0.15) is 6.61 Å². The number of halogens is 2. The molecule has 0 aromatic heterocycles. The fourth-order valence-corrected chi connectivity index (χ4v) is 2.54. The first-order valence-corrected chi connectivity index (χ1v) is 8.04. The molecule has 24 heavy (non-hydrogen) atoms. The zero-order valence-electron chi connectivity index (χ0n) is 14.4. The molecule has 0 heterocycles. The van der Waals surface area contributed by atoms with Crippen molar-refractivity contribution in [1.29, 1.82) is 0 Å². The Kier molecular flexibility index (Phi) is 7.82. The fraction of sp³-hybridized carbons (Fsp3) is 0.556. The van der Waals surface area contributed by atoms with E-state index in [1.54, 1.807) is 12.1 Å². The molecule has 0 radical (unpaired) electrons. The number of ether oxygens (including phenoxy) is 1. The van der Waals surface area contributed by atoms with Crippen LogP contribution in [0.25, 0.3) is 0 Å². The third kappa shape index (κ3) is 6.26. The largest absolute Gasteiger partial charge is 0.445 e. The average molecular weight is 341 g/mol. The summed E-state index contributed by atoms with van der Waals surface area (Å²) in [6.07, 6.45) is -2.62. The second-order valence-electron chi connectivity index (χ2n) is 6.28. The van der Waals surface area contributed by atoms with Gasteiger partial charge in [-0.05, 0) is 25.3 Å². The highest BCUT2D eigenvalue weighted by molar-refractivity contribution is 5.85. The van der Waals surface area contributed by atoms with Gasteiger partial charge in [-0.2, -0.15) is 0 Å². The number of hydrogen-bond donors (Lipinski definition) is 1. The minimum atomic E-state index is -2.57. The standard InChI is InChI=1S/C18H25F2NO3/c1-4-10-18(3,16(19)20)11-15(13(2)22)21-17(23)24-12-14-8-6-5-7-9-14/h5-9,15-16H,4,10-12H2,1-3H3,(H,21,23)/t15-,18-/m0/s1. The molecule has 0 unspecified atom stereocenters. The van der Waals surface area contributed by atoms with E-state index in [9.17, 15) is 18.4 Å². The molecule has 134 valence electrons. The molecule has 1 rings (SSSR count). The lowest BCUT2D eigenvalue weighted by molar-refractivity contribution is -0.120. The summed E-state index contributed by atoms with van der Waals surface area (Å²) >= 11 is 0. The maximum absolute atomic E-state index is 13.3. The molecule has 6 heteroatoms. The van der Waals surface area contributed by atoms with Crippen LogP contribution in [0, 0.1) is 5.41 Å². The maximum atomic E-state index is 13.3. The van der Waals surface area contributed by atoms with Gasteiger partial charge < -0.3 is 10.1 Å². The van der Waals surface area contributed by atoms with E-state index in [4.69, 9.17) is 4.74 Å². The van der Waals surface area contributed by atoms with E-state index in [-0.39, 0.29) is 25.2 Å². The van der Waals surface area contributed by atoms with Crippen molar-refractivity contribution in [3.05, 3.63) is 35.9 Å². The molecule has 1 N–H and O–H groups in total. The van der Waals surface area contributed by atoms with Gasteiger partial charge in [-0.3, -0.25) is 4.79 Å². The molecule has 1 amide bonds. The van der Waals surface area contributed by atoms with Crippen molar-refractivity contribution in [2.24, 2.45) is 5.41 Å². The second-order valence-corrected chi connectivity index (χ2v) is 6.28. The van der Waals surface area contributed by atoms with E-state index < -0.39 is 24.0 Å². The lowest BCUT2D eigenvalue weighted by Gasteiger charge is -2.31. The van der Waals surface area contributed by atoms with Gasteiger partial charge in [0.15, 0.2) is 5.78 Å². The molecule has 0 aliphatic carbocycles. The number of amides is 1. The van der Waals surface area contributed by atoms with Gasteiger partial charge >= 0.3 is 6.09 Å². The monoisotopic (exact) mass is 341 g/mol. The first kappa shape index (κ1) is 20.1. The molecule has 0 fully saturated rings. The van der Waals surface area contributed by atoms with Gasteiger partial charge in [0.2, 0.25) is 6.43 Å². The van der Waals surface area contributed by atoms with Gasteiger partial charge in [-0.1, -0.05) is 50.6 Å². The number of ketones is 1. The van der Waals surface area contributed by atoms with Crippen LogP contribution in [0.5, 0.6) is 0 Å². The summed E-state index contributed by atoms with van der Waals surface area (Å²) in [5, 5.41) is 2.41. The summed E-state index contributed by atoms with van der Waals surface area (Å²) < 4.78 is 31.7. The van der Waals surface area contributed by atoms with Crippen molar-refractivity contribution in [3.63, 3.8) is 0 Å². The van der Waals surface area contributed by atoms with Crippen molar-refractivity contribution in [2.75, 3.05) is 0 Å². The number of rotatable bonds is 9. The molecule has 0 saturated carbocycles. The second kappa shape index (κ2) is 9.35. The Morgan fingerprint density at radius 2 is 1.88 bits per heavy atom. The molecule has 1 aromatic rings. The normalized spacial score (nSPS) is 14.8. The van der Waals surface area contributed by atoms with Crippen LogP contribution in [0.15, 0.2) is 30.3 Å². The Labute approximate surface area is 141 Å². The number of alkyl halides is 2. The quantitative estimate of drug-likeness (QED) is 0.727. The first-order valence-electron chi connectivity index (χ1n) is 8.04. The van der Waals surface area contributed by atoms with Crippen molar-refractivity contribution in [2.45, 2.75) is 59.1 Å². The van der Waals surface area contributed by atoms with E-state index in [1.807, 2.05) is 25.1 Å². The summed E-state index contributed by atoms with van der Waals surface area (Å²) in [6.45, 7) is 4.58. The molecule has 0 saturated heterocycles. The lowest BCUT2D eigenvalue weighted by atomic mass is 9.79. The van der Waals surface area contributed by atoms with Crippen molar-refractivity contribution in [3.8, 4) is 0 Å². The highest BCUT2D eigenvalue weighted by Crippen LogP contribution is 2.36. The van der Waals surface area contributed by atoms with Gasteiger partial charge in [0.05, 0.1) is 6.04 Å². The Morgan fingerprint density at radius 3 is 2.38 bits per heavy atom. The van der Waals surface area contributed by atoms with Crippen LogP contribution >= 0.6 is 0 Å². The van der Waals surface area contributed by atoms with Crippen molar-refractivity contribution in [1.82, 2.24) is 5.32 Å². The topological polar surface area (TPSA) is 55.4 Å². The summed E-state index contributed by atoms with van der Waals surface area (Å²) in [4.78, 5) is 23.6. The predicted octanol–water partition coefficient (Wildman–Crippen LogP) is 4.33. The Hall–Kier alpha value is -1.98. The number of carbonyl (C=O) groups is 2. The molecule has 0 spiro atoms. The van der Waals surface area contributed by atoms with Crippen molar-refractivity contribution >= 4 is 11.9 Å². The third-order valence-electron chi connectivity index (χ3n) is 4.01. The molecular formula is C18H25F2NO3. The Bertz CT molecular complexity index is 536. The van der Waals surface area contributed by atoms with Crippen LogP contribution in [-0.2, 0) is 16.1 Å². The number of carbonyl (C=O) groups excluding carboxylic acids is 2. The summed E-state index contributed by atoms with van der Waals surface area (Å²) in [5.41, 5.74) is -0.520. The van der Waals surface area contributed by atoms with Gasteiger partial charge in [-0.15, -0.1) is 0 Å². The van der Waals surface area contributed by atoms with Crippen LogP contribution in [0.2, 0.25) is 0 Å². The minimum Gasteiger partial charge on any atom is -0.445 e. The number of nitrogens with one attached hydrogen (secondary N) is 1.